The van der Waals surface area contributed by atoms with Crippen LogP contribution in [-0.4, -0.2) is 26.3 Å². The zero-order valence-electron chi connectivity index (χ0n) is 10.8. The fraction of sp³-hybridized carbons (Fsp3) is 1.00. The highest BCUT2D eigenvalue weighted by Gasteiger charge is 2.33. The molecular formula is C14H27NO. The van der Waals surface area contributed by atoms with E-state index in [0.29, 0.717) is 5.41 Å². The third-order valence-electron chi connectivity index (χ3n) is 4.62. The first-order chi connectivity index (χ1) is 7.85. The largest absolute Gasteiger partial charge is 0.385 e. The molecule has 2 nitrogen and oxygen atoms in total. The minimum absolute atomic E-state index is 0.568. The molecule has 1 N–H and O–H groups in total. The third kappa shape index (κ3) is 3.21. The maximum Gasteiger partial charge on any atom is 0.0468 e. The maximum atomic E-state index is 5.27. The highest BCUT2D eigenvalue weighted by atomic mass is 16.5. The monoisotopic (exact) mass is 225 g/mol. The van der Waals surface area contributed by atoms with Crippen LogP contribution in [0.15, 0.2) is 0 Å². The molecule has 94 valence electrons. The van der Waals surface area contributed by atoms with E-state index in [1.807, 2.05) is 7.11 Å². The Labute approximate surface area is 100 Å². The molecule has 0 aliphatic heterocycles. The molecule has 0 heterocycles. The number of hydrogen-bond donors (Lipinski definition) is 1. The molecule has 2 aliphatic rings. The number of nitrogens with one attached hydrogen (secondary N) is 1. The topological polar surface area (TPSA) is 21.3 Å². The lowest BCUT2D eigenvalue weighted by atomic mass is 9.82. The average molecular weight is 225 g/mol. The minimum Gasteiger partial charge on any atom is -0.385 e. The molecule has 0 aromatic heterocycles. The fourth-order valence-electron chi connectivity index (χ4n) is 3.45. The van der Waals surface area contributed by atoms with Crippen LogP contribution in [0.5, 0.6) is 0 Å². The summed E-state index contributed by atoms with van der Waals surface area (Å²) < 4.78 is 5.27. The van der Waals surface area contributed by atoms with Crippen molar-refractivity contribution in [2.75, 3.05) is 20.3 Å². The lowest BCUT2D eigenvalue weighted by molar-refractivity contribution is 0.133. The van der Waals surface area contributed by atoms with E-state index in [4.69, 9.17) is 4.74 Å². The second-order valence-electron chi connectivity index (χ2n) is 5.81. The Morgan fingerprint density at radius 2 is 1.81 bits per heavy atom. The molecule has 0 aromatic carbocycles. The quantitative estimate of drug-likeness (QED) is 0.750. The fourth-order valence-corrected chi connectivity index (χ4v) is 3.45. The molecule has 0 aromatic rings. The summed E-state index contributed by atoms with van der Waals surface area (Å²) >= 11 is 0. The SMILES string of the molecule is COCCC1(CNC2CCCC2)CCCC1. The van der Waals surface area contributed by atoms with E-state index in [2.05, 4.69) is 5.32 Å². The van der Waals surface area contributed by atoms with E-state index in [-0.39, 0.29) is 0 Å². The Bertz CT molecular complexity index is 193. The van der Waals surface area contributed by atoms with Crippen molar-refractivity contribution in [2.45, 2.75) is 63.8 Å². The molecule has 2 fully saturated rings. The van der Waals surface area contributed by atoms with Crippen molar-refractivity contribution in [3.8, 4) is 0 Å². The van der Waals surface area contributed by atoms with Crippen LogP contribution < -0.4 is 5.32 Å². The van der Waals surface area contributed by atoms with Gasteiger partial charge in [0.1, 0.15) is 0 Å². The average Bonchev–Trinajstić information content (AvgIpc) is 2.96. The molecule has 2 saturated carbocycles. The minimum atomic E-state index is 0.568. The Kier molecular flexibility index (Phi) is 4.66. The van der Waals surface area contributed by atoms with Crippen molar-refractivity contribution in [1.29, 1.82) is 0 Å². The zero-order chi connectivity index (χ0) is 11.3. The molecule has 0 atom stereocenters. The van der Waals surface area contributed by atoms with Crippen LogP contribution in [0.3, 0.4) is 0 Å². The first-order valence-corrected chi connectivity index (χ1v) is 7.07. The molecular weight excluding hydrogens is 198 g/mol. The Hall–Kier alpha value is -0.0800. The number of hydrogen-bond acceptors (Lipinski definition) is 2. The van der Waals surface area contributed by atoms with Crippen molar-refractivity contribution >= 4 is 0 Å². The Balaban J connectivity index is 1.77. The normalized spacial score (nSPS) is 25.3. The lowest BCUT2D eigenvalue weighted by Gasteiger charge is -2.30. The van der Waals surface area contributed by atoms with Gasteiger partial charge in [0.05, 0.1) is 0 Å². The highest BCUT2D eigenvalue weighted by Crippen LogP contribution is 2.40. The van der Waals surface area contributed by atoms with Gasteiger partial charge < -0.3 is 10.1 Å². The predicted molar refractivity (Wildman–Crippen MR) is 67.7 cm³/mol. The van der Waals surface area contributed by atoms with Gasteiger partial charge in [-0.15, -0.1) is 0 Å². The summed E-state index contributed by atoms with van der Waals surface area (Å²) in [6.45, 7) is 2.17. The summed E-state index contributed by atoms with van der Waals surface area (Å²) in [7, 11) is 1.83. The van der Waals surface area contributed by atoms with E-state index < -0.39 is 0 Å². The summed E-state index contributed by atoms with van der Waals surface area (Å²) in [4.78, 5) is 0. The molecule has 16 heavy (non-hydrogen) atoms. The van der Waals surface area contributed by atoms with Gasteiger partial charge in [-0.2, -0.15) is 0 Å². The summed E-state index contributed by atoms with van der Waals surface area (Å²) in [6, 6.07) is 0.819. The van der Waals surface area contributed by atoms with E-state index >= 15 is 0 Å². The third-order valence-corrected chi connectivity index (χ3v) is 4.62. The summed E-state index contributed by atoms with van der Waals surface area (Å²) in [5, 5.41) is 3.82. The van der Waals surface area contributed by atoms with Crippen LogP contribution in [0.2, 0.25) is 0 Å². The highest BCUT2D eigenvalue weighted by molar-refractivity contribution is 4.88. The first-order valence-electron chi connectivity index (χ1n) is 7.07. The van der Waals surface area contributed by atoms with Crippen molar-refractivity contribution in [3.05, 3.63) is 0 Å². The van der Waals surface area contributed by atoms with Crippen LogP contribution in [0.1, 0.15) is 57.8 Å². The number of ether oxygens (including phenoxy) is 1. The first kappa shape index (κ1) is 12.4. The van der Waals surface area contributed by atoms with Crippen LogP contribution in [0, 0.1) is 5.41 Å². The van der Waals surface area contributed by atoms with Crippen molar-refractivity contribution in [3.63, 3.8) is 0 Å². The summed E-state index contributed by atoms with van der Waals surface area (Å²) in [6.07, 6.45) is 12.6. The van der Waals surface area contributed by atoms with Gasteiger partial charge in [0.2, 0.25) is 0 Å². The summed E-state index contributed by atoms with van der Waals surface area (Å²) in [5.74, 6) is 0. The van der Waals surface area contributed by atoms with Gasteiger partial charge in [-0.05, 0) is 37.5 Å². The van der Waals surface area contributed by atoms with Gasteiger partial charge in [0.25, 0.3) is 0 Å². The second kappa shape index (κ2) is 6.02. The van der Waals surface area contributed by atoms with Gasteiger partial charge in [0.15, 0.2) is 0 Å². The van der Waals surface area contributed by atoms with Crippen LogP contribution >= 0.6 is 0 Å². The van der Waals surface area contributed by atoms with E-state index in [0.717, 1.165) is 12.6 Å². The van der Waals surface area contributed by atoms with Crippen molar-refractivity contribution < 1.29 is 4.74 Å². The van der Waals surface area contributed by atoms with Gasteiger partial charge in [-0.1, -0.05) is 25.7 Å². The standard InChI is InChI=1S/C14H27NO/c1-16-11-10-14(8-4-5-9-14)12-15-13-6-2-3-7-13/h13,15H,2-12H2,1H3. The van der Waals surface area contributed by atoms with Gasteiger partial charge in [-0.3, -0.25) is 0 Å². The maximum absolute atomic E-state index is 5.27. The van der Waals surface area contributed by atoms with Gasteiger partial charge in [-0.25, -0.2) is 0 Å². The Morgan fingerprint density at radius 1 is 1.12 bits per heavy atom. The van der Waals surface area contributed by atoms with Gasteiger partial charge in [0, 0.05) is 26.3 Å². The number of rotatable bonds is 6. The zero-order valence-corrected chi connectivity index (χ0v) is 10.8. The van der Waals surface area contributed by atoms with E-state index in [1.165, 1.54) is 64.3 Å². The Morgan fingerprint density at radius 3 is 2.44 bits per heavy atom. The molecule has 0 radical (unpaired) electrons. The molecule has 2 aliphatic carbocycles. The van der Waals surface area contributed by atoms with E-state index in [1.54, 1.807) is 0 Å². The lowest BCUT2D eigenvalue weighted by Crippen LogP contribution is -2.38. The molecule has 2 heteroatoms. The van der Waals surface area contributed by atoms with Gasteiger partial charge >= 0.3 is 0 Å². The van der Waals surface area contributed by atoms with Crippen molar-refractivity contribution in [1.82, 2.24) is 5.32 Å². The molecule has 0 unspecified atom stereocenters. The summed E-state index contributed by atoms with van der Waals surface area (Å²) in [5.41, 5.74) is 0.568. The van der Waals surface area contributed by atoms with Crippen LogP contribution in [-0.2, 0) is 4.74 Å². The molecule has 2 rings (SSSR count). The molecule has 0 saturated heterocycles. The van der Waals surface area contributed by atoms with Crippen molar-refractivity contribution in [2.24, 2.45) is 5.41 Å². The smallest absolute Gasteiger partial charge is 0.0468 e. The number of methoxy groups -OCH3 is 1. The molecule has 0 spiro atoms. The van der Waals surface area contributed by atoms with Crippen LogP contribution in [0.25, 0.3) is 0 Å². The molecule has 0 amide bonds. The molecule has 0 bridgehead atoms. The van der Waals surface area contributed by atoms with E-state index in [9.17, 15) is 0 Å². The predicted octanol–water partition coefficient (Wildman–Crippen LogP) is 3.12. The van der Waals surface area contributed by atoms with Crippen LogP contribution in [0.4, 0.5) is 0 Å². The second-order valence-corrected chi connectivity index (χ2v) is 5.81.